The minimum atomic E-state index is -0.412. The number of hydrogen-bond acceptors (Lipinski definition) is 6. The number of carbonyl (C=O) groups excluding carboxylic acids is 2. The fraction of sp³-hybridized carbons (Fsp3) is 0.429. The smallest absolute Gasteiger partial charge is 0.333 e. The van der Waals surface area contributed by atoms with Crippen molar-refractivity contribution in [3.05, 3.63) is 59.2 Å². The summed E-state index contributed by atoms with van der Waals surface area (Å²) in [7, 11) is 0. The quantitative estimate of drug-likeness (QED) is 0.262. The summed E-state index contributed by atoms with van der Waals surface area (Å²) in [5, 5.41) is 2.01. The summed E-state index contributed by atoms with van der Waals surface area (Å²) in [5.74, 6) is 1.79. The van der Waals surface area contributed by atoms with Crippen molar-refractivity contribution < 1.29 is 28.5 Å². The molecule has 2 bridgehead atoms. The van der Waals surface area contributed by atoms with Gasteiger partial charge in [0, 0.05) is 33.0 Å². The highest BCUT2D eigenvalue weighted by molar-refractivity contribution is 5.99. The molecule has 4 rings (SSSR count). The molecule has 2 aliphatic rings. The average Bonchev–Trinajstić information content (AvgIpc) is 3.42. The first-order chi connectivity index (χ1) is 16.3. The second kappa shape index (κ2) is 9.92. The van der Waals surface area contributed by atoms with Crippen LogP contribution in [0.5, 0.6) is 11.5 Å². The number of carbonyl (C=O) groups is 2. The molecule has 2 unspecified atom stereocenters. The maximum absolute atomic E-state index is 11.7. The molecule has 2 aliphatic carbocycles. The molecule has 0 amide bonds. The second-order valence-corrected chi connectivity index (χ2v) is 9.22. The number of esters is 2. The van der Waals surface area contributed by atoms with E-state index >= 15 is 0 Å². The summed E-state index contributed by atoms with van der Waals surface area (Å²) in [6.07, 6.45) is 3.35. The van der Waals surface area contributed by atoms with Crippen molar-refractivity contribution in [3.63, 3.8) is 0 Å². The lowest BCUT2D eigenvalue weighted by molar-refractivity contribution is -0.140. The third kappa shape index (κ3) is 4.54. The van der Waals surface area contributed by atoms with Crippen LogP contribution in [0, 0.1) is 6.92 Å². The number of benzene rings is 2. The van der Waals surface area contributed by atoms with Gasteiger partial charge in [-0.3, -0.25) is 0 Å². The zero-order valence-electron chi connectivity index (χ0n) is 20.2. The molecule has 1 saturated carbocycles. The molecule has 0 aliphatic heterocycles. The van der Waals surface area contributed by atoms with Gasteiger partial charge >= 0.3 is 11.9 Å². The number of aryl methyl sites for hydroxylation is 1. The first-order valence-corrected chi connectivity index (χ1v) is 11.8. The van der Waals surface area contributed by atoms with Gasteiger partial charge < -0.3 is 18.9 Å². The second-order valence-electron chi connectivity index (χ2n) is 9.22. The van der Waals surface area contributed by atoms with Crippen molar-refractivity contribution in [2.45, 2.75) is 51.9 Å². The molecule has 2 aromatic carbocycles. The lowest BCUT2D eigenvalue weighted by Gasteiger charge is -2.26. The van der Waals surface area contributed by atoms with Gasteiger partial charge in [-0.15, -0.1) is 0 Å². The van der Waals surface area contributed by atoms with Crippen molar-refractivity contribution in [3.8, 4) is 11.5 Å². The van der Waals surface area contributed by atoms with E-state index in [2.05, 4.69) is 32.2 Å². The molecule has 2 atom stereocenters. The van der Waals surface area contributed by atoms with E-state index in [1.54, 1.807) is 13.8 Å². The van der Waals surface area contributed by atoms with Gasteiger partial charge in [-0.25, -0.2) is 9.59 Å². The third-order valence-corrected chi connectivity index (χ3v) is 6.60. The van der Waals surface area contributed by atoms with Gasteiger partial charge in [0.15, 0.2) is 0 Å². The number of rotatable bonds is 10. The predicted molar refractivity (Wildman–Crippen MR) is 131 cm³/mol. The number of fused-ring (bicyclic) bond motifs is 6. The summed E-state index contributed by atoms with van der Waals surface area (Å²) in [6.45, 7) is 13.4. The van der Waals surface area contributed by atoms with Crippen LogP contribution in [0.1, 0.15) is 61.6 Å². The highest BCUT2D eigenvalue weighted by Crippen LogP contribution is 2.61. The lowest BCUT2D eigenvalue weighted by Crippen LogP contribution is -2.16. The van der Waals surface area contributed by atoms with Gasteiger partial charge in [0.05, 0.1) is 0 Å². The van der Waals surface area contributed by atoms with Crippen molar-refractivity contribution in [1.82, 2.24) is 0 Å². The van der Waals surface area contributed by atoms with Crippen LogP contribution in [-0.4, -0.2) is 38.4 Å². The molecule has 6 nitrogen and oxygen atoms in total. The van der Waals surface area contributed by atoms with Crippen LogP contribution in [0.2, 0.25) is 0 Å². The van der Waals surface area contributed by atoms with Gasteiger partial charge in [0.2, 0.25) is 0 Å². The molecular formula is C28H32O6. The molecule has 0 radical (unpaired) electrons. The zero-order valence-corrected chi connectivity index (χ0v) is 20.2. The molecule has 34 heavy (non-hydrogen) atoms. The summed E-state index contributed by atoms with van der Waals surface area (Å²) in [5.41, 5.74) is 4.27. The minimum absolute atomic E-state index is 0.161. The Morgan fingerprint density at radius 2 is 1.38 bits per heavy atom. The van der Waals surface area contributed by atoms with Crippen molar-refractivity contribution in [2.75, 3.05) is 26.4 Å². The van der Waals surface area contributed by atoms with E-state index in [0.29, 0.717) is 23.0 Å². The van der Waals surface area contributed by atoms with E-state index in [1.165, 1.54) is 11.1 Å². The van der Waals surface area contributed by atoms with Gasteiger partial charge in [-0.05, 0) is 57.4 Å². The SMILES string of the molecule is C=C(C)C(=O)OCCOc1c2c(c(OCCOC(=O)C(=C)C)c3c(C)cccc13)C1CCC2C1. The maximum Gasteiger partial charge on any atom is 0.333 e. The van der Waals surface area contributed by atoms with Gasteiger partial charge in [0.25, 0.3) is 0 Å². The van der Waals surface area contributed by atoms with E-state index in [0.717, 1.165) is 47.1 Å². The van der Waals surface area contributed by atoms with Crippen LogP contribution in [0.4, 0.5) is 0 Å². The molecule has 6 heteroatoms. The third-order valence-electron chi connectivity index (χ3n) is 6.60. The average molecular weight is 465 g/mol. The first-order valence-electron chi connectivity index (χ1n) is 11.8. The Balaban J connectivity index is 1.65. The monoisotopic (exact) mass is 464 g/mol. The summed E-state index contributed by atoms with van der Waals surface area (Å²) in [4.78, 5) is 23.5. The fourth-order valence-corrected chi connectivity index (χ4v) is 5.11. The van der Waals surface area contributed by atoms with Crippen LogP contribution in [-0.2, 0) is 19.1 Å². The largest absolute Gasteiger partial charge is 0.489 e. The first kappa shape index (κ1) is 23.9. The van der Waals surface area contributed by atoms with E-state index in [9.17, 15) is 9.59 Å². The molecule has 0 spiro atoms. The van der Waals surface area contributed by atoms with Crippen LogP contribution in [0.25, 0.3) is 10.8 Å². The van der Waals surface area contributed by atoms with E-state index in [4.69, 9.17) is 18.9 Å². The Hall–Kier alpha value is -3.28. The molecular weight excluding hydrogens is 432 g/mol. The van der Waals surface area contributed by atoms with Crippen LogP contribution in [0.15, 0.2) is 42.5 Å². The van der Waals surface area contributed by atoms with Gasteiger partial charge in [0.1, 0.15) is 37.9 Å². The lowest BCUT2D eigenvalue weighted by atomic mass is 9.86. The fourth-order valence-electron chi connectivity index (χ4n) is 5.11. The highest BCUT2D eigenvalue weighted by atomic mass is 16.6. The van der Waals surface area contributed by atoms with Crippen LogP contribution in [0.3, 0.4) is 0 Å². The van der Waals surface area contributed by atoms with Crippen molar-refractivity contribution >= 4 is 22.7 Å². The zero-order chi connectivity index (χ0) is 24.4. The summed E-state index contributed by atoms with van der Waals surface area (Å²) in [6, 6.07) is 6.13. The molecule has 1 fully saturated rings. The van der Waals surface area contributed by atoms with Gasteiger partial charge in [-0.1, -0.05) is 31.4 Å². The van der Waals surface area contributed by atoms with Crippen molar-refractivity contribution in [1.29, 1.82) is 0 Å². The Kier molecular flexibility index (Phi) is 6.96. The molecule has 0 N–H and O–H groups in total. The summed E-state index contributed by atoms with van der Waals surface area (Å²) >= 11 is 0. The molecule has 0 aromatic heterocycles. The van der Waals surface area contributed by atoms with Crippen LogP contribution >= 0.6 is 0 Å². The Labute approximate surface area is 200 Å². The number of ether oxygens (including phenoxy) is 4. The minimum Gasteiger partial charge on any atom is -0.489 e. The Morgan fingerprint density at radius 1 is 0.853 bits per heavy atom. The van der Waals surface area contributed by atoms with Crippen LogP contribution < -0.4 is 9.47 Å². The number of hydrogen-bond donors (Lipinski definition) is 0. The summed E-state index contributed by atoms with van der Waals surface area (Å²) < 4.78 is 23.1. The molecule has 180 valence electrons. The van der Waals surface area contributed by atoms with E-state index in [-0.39, 0.29) is 26.4 Å². The Bertz CT molecular complexity index is 1160. The molecule has 2 aromatic rings. The maximum atomic E-state index is 11.7. The Morgan fingerprint density at radius 3 is 1.94 bits per heavy atom. The molecule has 0 saturated heterocycles. The normalized spacial score (nSPS) is 17.9. The van der Waals surface area contributed by atoms with Crippen molar-refractivity contribution in [2.24, 2.45) is 0 Å². The topological polar surface area (TPSA) is 71.1 Å². The van der Waals surface area contributed by atoms with E-state index in [1.807, 2.05) is 6.07 Å². The standard InChI is InChI=1S/C28H32O6/c1-16(2)27(29)33-13-11-31-25-21-8-6-7-18(5)22(21)26(32-12-14-34-28(30)17(3)4)24-20-10-9-19(15-20)23(24)25/h6-8,19-20H,1,3,9-15H2,2,4-5H3. The van der Waals surface area contributed by atoms with E-state index < -0.39 is 11.9 Å². The molecule has 0 heterocycles. The van der Waals surface area contributed by atoms with Gasteiger partial charge in [-0.2, -0.15) is 0 Å². The highest BCUT2D eigenvalue weighted by Gasteiger charge is 2.43. The predicted octanol–water partition coefficient (Wildman–Crippen LogP) is 5.51.